The number of carboxylic acids is 1. The van der Waals surface area contributed by atoms with E-state index in [0.29, 0.717) is 12.1 Å². The molecule has 2 heterocycles. The second kappa shape index (κ2) is 3.96. The third-order valence-electron chi connectivity index (χ3n) is 2.72. The third kappa shape index (κ3) is 1.46. The fourth-order valence-electron chi connectivity index (χ4n) is 1.92. The van der Waals surface area contributed by atoms with E-state index in [-0.39, 0.29) is 5.69 Å². The molecular weight excluding hydrogens is 204 g/mol. The first-order chi connectivity index (χ1) is 7.69. The second-order valence-electron chi connectivity index (χ2n) is 3.65. The maximum atomic E-state index is 11.2. The van der Waals surface area contributed by atoms with Crippen molar-refractivity contribution in [2.45, 2.75) is 26.7 Å². The number of aromatic nitrogens is 2. The molecule has 0 aliphatic carbocycles. The number of carbonyl (C=O) groups is 1. The minimum Gasteiger partial charge on any atom is -0.477 e. The van der Waals surface area contributed by atoms with Crippen LogP contribution in [0.15, 0.2) is 18.3 Å². The number of hydrogen-bond donors (Lipinski definition) is 1. The first kappa shape index (κ1) is 10.7. The van der Waals surface area contributed by atoms with E-state index in [1.54, 1.807) is 10.6 Å². The van der Waals surface area contributed by atoms with Crippen molar-refractivity contribution in [3.63, 3.8) is 0 Å². The van der Waals surface area contributed by atoms with Crippen LogP contribution in [0, 0.1) is 0 Å². The Morgan fingerprint density at radius 3 is 2.75 bits per heavy atom. The molecule has 0 radical (unpaired) electrons. The zero-order valence-corrected chi connectivity index (χ0v) is 9.40. The molecule has 1 N–H and O–H groups in total. The number of hydrogen-bond acceptors (Lipinski definition) is 2. The van der Waals surface area contributed by atoms with Gasteiger partial charge in [0, 0.05) is 6.20 Å². The molecule has 0 aliphatic heterocycles. The highest BCUT2D eigenvalue weighted by molar-refractivity contribution is 5.88. The van der Waals surface area contributed by atoms with Crippen LogP contribution >= 0.6 is 0 Å². The lowest BCUT2D eigenvalue weighted by molar-refractivity contribution is 0.0688. The molecule has 2 rings (SSSR count). The van der Waals surface area contributed by atoms with Gasteiger partial charge in [-0.2, -0.15) is 0 Å². The van der Waals surface area contributed by atoms with Crippen molar-refractivity contribution < 1.29 is 9.90 Å². The normalized spacial score (nSPS) is 10.9. The summed E-state index contributed by atoms with van der Waals surface area (Å²) in [6, 6.07) is 3.84. The first-order valence-electron chi connectivity index (χ1n) is 5.41. The number of imidazole rings is 1. The summed E-state index contributed by atoms with van der Waals surface area (Å²) in [6.45, 7) is 3.95. The standard InChI is InChI=1S/C12H14N2O2/c1-3-8-6-5-7-14-10(12(15)16)9(4-2)13-11(8)14/h5-7H,3-4H2,1-2H3,(H,15,16). The van der Waals surface area contributed by atoms with Gasteiger partial charge in [0.25, 0.3) is 0 Å². The van der Waals surface area contributed by atoms with Crippen molar-refractivity contribution in [3.05, 3.63) is 35.3 Å². The molecule has 2 aromatic rings. The summed E-state index contributed by atoms with van der Waals surface area (Å²) in [7, 11) is 0. The lowest BCUT2D eigenvalue weighted by Gasteiger charge is -2.00. The van der Waals surface area contributed by atoms with Gasteiger partial charge in [0.15, 0.2) is 5.69 Å². The molecular formula is C12H14N2O2. The van der Waals surface area contributed by atoms with E-state index in [9.17, 15) is 9.90 Å². The number of rotatable bonds is 3. The fraction of sp³-hybridized carbons (Fsp3) is 0.333. The quantitative estimate of drug-likeness (QED) is 0.858. The van der Waals surface area contributed by atoms with Crippen LogP contribution in [0.25, 0.3) is 5.65 Å². The average molecular weight is 218 g/mol. The van der Waals surface area contributed by atoms with Crippen LogP contribution in [0.1, 0.15) is 35.6 Å². The van der Waals surface area contributed by atoms with Gasteiger partial charge < -0.3 is 5.11 Å². The van der Waals surface area contributed by atoms with E-state index in [1.165, 1.54) is 0 Å². The third-order valence-corrected chi connectivity index (χ3v) is 2.72. The molecule has 0 atom stereocenters. The number of pyridine rings is 1. The molecule has 0 unspecified atom stereocenters. The van der Waals surface area contributed by atoms with Crippen molar-refractivity contribution >= 4 is 11.6 Å². The van der Waals surface area contributed by atoms with Crippen LogP contribution < -0.4 is 0 Å². The second-order valence-corrected chi connectivity index (χ2v) is 3.65. The Kier molecular flexibility index (Phi) is 2.64. The highest BCUT2D eigenvalue weighted by atomic mass is 16.4. The molecule has 0 saturated heterocycles. The Hall–Kier alpha value is -1.84. The van der Waals surface area contributed by atoms with Gasteiger partial charge in [-0.3, -0.25) is 4.40 Å². The van der Waals surface area contributed by atoms with Gasteiger partial charge in [-0.15, -0.1) is 0 Å². The van der Waals surface area contributed by atoms with Gasteiger partial charge >= 0.3 is 5.97 Å². The number of aryl methyl sites for hydroxylation is 2. The molecule has 0 spiro atoms. The van der Waals surface area contributed by atoms with Crippen LogP contribution in [-0.4, -0.2) is 20.5 Å². The number of fused-ring (bicyclic) bond motifs is 1. The van der Waals surface area contributed by atoms with Gasteiger partial charge in [-0.1, -0.05) is 19.9 Å². The van der Waals surface area contributed by atoms with E-state index >= 15 is 0 Å². The smallest absolute Gasteiger partial charge is 0.354 e. The van der Waals surface area contributed by atoms with Crippen LogP contribution in [0.5, 0.6) is 0 Å². The minimum absolute atomic E-state index is 0.285. The van der Waals surface area contributed by atoms with E-state index in [1.807, 2.05) is 26.0 Å². The SMILES string of the molecule is CCc1nc2c(CC)cccn2c1C(=O)O. The molecule has 4 heteroatoms. The Morgan fingerprint density at radius 1 is 1.44 bits per heavy atom. The van der Waals surface area contributed by atoms with E-state index in [4.69, 9.17) is 0 Å². The monoisotopic (exact) mass is 218 g/mol. The largest absolute Gasteiger partial charge is 0.477 e. The van der Waals surface area contributed by atoms with Crippen molar-refractivity contribution in [2.75, 3.05) is 0 Å². The van der Waals surface area contributed by atoms with Crippen molar-refractivity contribution in [1.29, 1.82) is 0 Å². The molecule has 0 amide bonds. The maximum Gasteiger partial charge on any atom is 0.354 e. The van der Waals surface area contributed by atoms with Gasteiger partial charge in [-0.05, 0) is 24.5 Å². The van der Waals surface area contributed by atoms with Crippen LogP contribution in [0.2, 0.25) is 0 Å². The molecule has 2 aromatic heterocycles. The number of nitrogens with zero attached hydrogens (tertiary/aromatic N) is 2. The summed E-state index contributed by atoms with van der Waals surface area (Å²) >= 11 is 0. The highest BCUT2D eigenvalue weighted by Crippen LogP contribution is 2.17. The summed E-state index contributed by atoms with van der Waals surface area (Å²) in [6.07, 6.45) is 3.24. The first-order valence-corrected chi connectivity index (χ1v) is 5.41. The van der Waals surface area contributed by atoms with Crippen molar-refractivity contribution in [2.24, 2.45) is 0 Å². The highest BCUT2D eigenvalue weighted by Gasteiger charge is 2.17. The predicted octanol–water partition coefficient (Wildman–Crippen LogP) is 2.16. The average Bonchev–Trinajstić information content (AvgIpc) is 2.66. The molecule has 0 saturated carbocycles. The summed E-state index contributed by atoms with van der Waals surface area (Å²) in [5.41, 5.74) is 2.77. The lowest BCUT2D eigenvalue weighted by Crippen LogP contribution is -2.05. The number of aromatic carboxylic acids is 1. The van der Waals surface area contributed by atoms with Crippen molar-refractivity contribution in [3.8, 4) is 0 Å². The van der Waals surface area contributed by atoms with Gasteiger partial charge in [0.05, 0.1) is 5.69 Å². The summed E-state index contributed by atoms with van der Waals surface area (Å²) in [4.78, 5) is 15.6. The van der Waals surface area contributed by atoms with E-state index < -0.39 is 5.97 Å². The Balaban J connectivity index is 2.82. The Labute approximate surface area is 93.5 Å². The van der Waals surface area contributed by atoms with Gasteiger partial charge in [0.1, 0.15) is 5.65 Å². The van der Waals surface area contributed by atoms with Crippen LogP contribution in [0.4, 0.5) is 0 Å². The van der Waals surface area contributed by atoms with E-state index in [2.05, 4.69) is 4.98 Å². The minimum atomic E-state index is -0.919. The van der Waals surface area contributed by atoms with E-state index in [0.717, 1.165) is 17.6 Å². The van der Waals surface area contributed by atoms with Gasteiger partial charge in [0.2, 0.25) is 0 Å². The molecule has 0 aliphatic rings. The molecule has 4 nitrogen and oxygen atoms in total. The Morgan fingerprint density at radius 2 is 2.19 bits per heavy atom. The zero-order valence-electron chi connectivity index (χ0n) is 9.40. The summed E-state index contributed by atoms with van der Waals surface area (Å²) in [5.74, 6) is -0.919. The molecule has 0 aromatic carbocycles. The lowest BCUT2D eigenvalue weighted by atomic mass is 10.2. The molecule has 0 bridgehead atoms. The van der Waals surface area contributed by atoms with Crippen LogP contribution in [0.3, 0.4) is 0 Å². The predicted molar refractivity (Wildman–Crippen MR) is 60.9 cm³/mol. The zero-order chi connectivity index (χ0) is 11.7. The topological polar surface area (TPSA) is 54.6 Å². The van der Waals surface area contributed by atoms with Crippen LogP contribution in [-0.2, 0) is 12.8 Å². The summed E-state index contributed by atoms with van der Waals surface area (Å²) in [5, 5.41) is 9.19. The fourth-order valence-corrected chi connectivity index (χ4v) is 1.92. The summed E-state index contributed by atoms with van der Waals surface area (Å²) < 4.78 is 1.67. The molecule has 84 valence electrons. The Bertz CT molecular complexity index is 543. The van der Waals surface area contributed by atoms with Crippen molar-refractivity contribution in [1.82, 2.24) is 9.38 Å². The maximum absolute atomic E-state index is 11.2. The number of carboxylic acid groups (broad SMARTS) is 1. The molecule has 0 fully saturated rings. The molecule has 16 heavy (non-hydrogen) atoms. The van der Waals surface area contributed by atoms with Gasteiger partial charge in [-0.25, -0.2) is 9.78 Å².